The van der Waals surface area contributed by atoms with E-state index in [-0.39, 0.29) is 11.7 Å². The second-order valence-electron chi connectivity index (χ2n) is 5.27. The van der Waals surface area contributed by atoms with Crippen molar-refractivity contribution in [2.75, 3.05) is 26.7 Å². The van der Waals surface area contributed by atoms with Gasteiger partial charge in [-0.2, -0.15) is 0 Å². The molecule has 1 fully saturated rings. The molecule has 1 N–H and O–H groups in total. The van der Waals surface area contributed by atoms with E-state index in [0.717, 1.165) is 25.9 Å². The largest absolute Gasteiger partial charge is 0.358 e. The number of nitrogens with zero attached hydrogens (tertiary/aromatic N) is 3. The zero-order valence-corrected chi connectivity index (χ0v) is 11.8. The molecule has 0 radical (unpaired) electrons. The minimum atomic E-state index is -0.483. The molecule has 1 aromatic rings. The number of carbonyl (C=O) groups excluding carboxylic acids is 1. The Labute approximate surface area is 117 Å². The molecule has 0 atom stereocenters. The zero-order chi connectivity index (χ0) is 14.7. The summed E-state index contributed by atoms with van der Waals surface area (Å²) in [6, 6.07) is 2.88. The number of aromatic nitrogens is 1. The predicted molar refractivity (Wildman–Crippen MR) is 74.6 cm³/mol. The van der Waals surface area contributed by atoms with E-state index >= 15 is 0 Å². The van der Waals surface area contributed by atoms with Crippen LogP contribution in [0.3, 0.4) is 0 Å². The van der Waals surface area contributed by atoms with E-state index in [2.05, 4.69) is 5.32 Å². The van der Waals surface area contributed by atoms with Gasteiger partial charge in [-0.05, 0) is 42.8 Å². The summed E-state index contributed by atoms with van der Waals surface area (Å²) in [4.78, 5) is 24.3. The fourth-order valence-electron chi connectivity index (χ4n) is 2.63. The molecule has 20 heavy (non-hydrogen) atoms. The molecule has 110 valence electrons. The van der Waals surface area contributed by atoms with Crippen molar-refractivity contribution in [1.29, 1.82) is 0 Å². The lowest BCUT2D eigenvalue weighted by atomic mass is 9.97. The SMILES string of the molecule is CN(CC1CCNCC1)C(=O)c1ccc([N+](=O)[O-])n1C. The summed E-state index contributed by atoms with van der Waals surface area (Å²) in [6.07, 6.45) is 2.12. The van der Waals surface area contributed by atoms with Crippen LogP contribution < -0.4 is 5.32 Å². The van der Waals surface area contributed by atoms with Gasteiger partial charge in [-0.25, -0.2) is 4.57 Å². The topological polar surface area (TPSA) is 80.4 Å². The first kappa shape index (κ1) is 14.5. The fourth-order valence-corrected chi connectivity index (χ4v) is 2.63. The molecule has 1 aliphatic heterocycles. The molecule has 1 aromatic heterocycles. The van der Waals surface area contributed by atoms with Crippen molar-refractivity contribution in [2.24, 2.45) is 13.0 Å². The van der Waals surface area contributed by atoms with Gasteiger partial charge in [0.15, 0.2) is 5.69 Å². The first-order valence-electron chi connectivity index (χ1n) is 6.77. The van der Waals surface area contributed by atoms with Gasteiger partial charge >= 0.3 is 5.82 Å². The molecule has 0 aliphatic carbocycles. The standard InChI is InChI=1S/C13H20N4O3/c1-15(9-10-5-7-14-8-6-10)13(18)11-3-4-12(16(11)2)17(19)20/h3-4,10,14H,5-9H2,1-2H3. The van der Waals surface area contributed by atoms with Crippen LogP contribution in [0.2, 0.25) is 0 Å². The number of nitro groups is 1. The first-order chi connectivity index (χ1) is 9.50. The van der Waals surface area contributed by atoms with E-state index in [1.54, 1.807) is 19.0 Å². The van der Waals surface area contributed by atoms with Crippen LogP contribution in [0.1, 0.15) is 23.3 Å². The van der Waals surface area contributed by atoms with Gasteiger partial charge in [-0.1, -0.05) is 0 Å². The highest BCUT2D eigenvalue weighted by Crippen LogP contribution is 2.18. The fraction of sp³-hybridized carbons (Fsp3) is 0.615. The number of piperidine rings is 1. The predicted octanol–water partition coefficient (Wildman–Crippen LogP) is 1.00. The number of hydrogen-bond donors (Lipinski definition) is 1. The lowest BCUT2D eigenvalue weighted by Crippen LogP contribution is -2.37. The molecular formula is C13H20N4O3. The minimum absolute atomic E-state index is 0.0661. The summed E-state index contributed by atoms with van der Waals surface area (Å²) >= 11 is 0. The Morgan fingerprint density at radius 1 is 1.50 bits per heavy atom. The van der Waals surface area contributed by atoms with Gasteiger partial charge in [-0.15, -0.1) is 0 Å². The molecule has 2 rings (SSSR count). The Bertz CT molecular complexity index is 506. The maximum absolute atomic E-state index is 12.3. The smallest absolute Gasteiger partial charge is 0.323 e. The summed E-state index contributed by atoms with van der Waals surface area (Å²) in [5.41, 5.74) is 0.355. The number of hydrogen-bond acceptors (Lipinski definition) is 4. The Balaban J connectivity index is 2.04. The highest BCUT2D eigenvalue weighted by Gasteiger charge is 2.25. The third kappa shape index (κ3) is 2.98. The summed E-state index contributed by atoms with van der Waals surface area (Å²) in [7, 11) is 3.30. The van der Waals surface area contributed by atoms with Crippen molar-refractivity contribution in [2.45, 2.75) is 12.8 Å². The second kappa shape index (κ2) is 6.04. The van der Waals surface area contributed by atoms with Gasteiger partial charge in [0.2, 0.25) is 0 Å². The molecule has 1 aliphatic rings. The van der Waals surface area contributed by atoms with Crippen molar-refractivity contribution >= 4 is 11.7 Å². The van der Waals surface area contributed by atoms with Crippen molar-refractivity contribution in [3.05, 3.63) is 27.9 Å². The maximum atomic E-state index is 12.3. The van der Waals surface area contributed by atoms with Gasteiger partial charge in [0.05, 0.1) is 7.05 Å². The zero-order valence-electron chi connectivity index (χ0n) is 11.8. The van der Waals surface area contributed by atoms with Gasteiger partial charge in [0.25, 0.3) is 5.91 Å². The Morgan fingerprint density at radius 2 is 2.15 bits per heavy atom. The van der Waals surface area contributed by atoms with Crippen LogP contribution >= 0.6 is 0 Å². The molecule has 0 unspecified atom stereocenters. The van der Waals surface area contributed by atoms with Crippen molar-refractivity contribution in [3.63, 3.8) is 0 Å². The lowest BCUT2D eigenvalue weighted by Gasteiger charge is -2.27. The van der Waals surface area contributed by atoms with E-state index in [1.807, 2.05) is 0 Å². The average Bonchev–Trinajstić information content (AvgIpc) is 2.81. The molecule has 7 nitrogen and oxygen atoms in total. The summed E-state index contributed by atoms with van der Waals surface area (Å²) in [5.74, 6) is 0.267. The summed E-state index contributed by atoms with van der Waals surface area (Å²) in [6.45, 7) is 2.67. The molecule has 0 spiro atoms. The van der Waals surface area contributed by atoms with E-state index < -0.39 is 4.92 Å². The highest BCUT2D eigenvalue weighted by atomic mass is 16.6. The molecule has 2 heterocycles. The van der Waals surface area contributed by atoms with Crippen LogP contribution in [0.25, 0.3) is 0 Å². The van der Waals surface area contributed by atoms with Crippen molar-refractivity contribution in [3.8, 4) is 0 Å². The molecule has 7 heteroatoms. The van der Waals surface area contributed by atoms with Gasteiger partial charge in [-0.3, -0.25) is 4.79 Å². The van der Waals surface area contributed by atoms with E-state index in [0.29, 0.717) is 18.2 Å². The molecule has 0 saturated carbocycles. The summed E-state index contributed by atoms with van der Waals surface area (Å²) in [5, 5.41) is 14.1. The molecule has 0 aromatic carbocycles. The number of nitrogens with one attached hydrogen (secondary N) is 1. The van der Waals surface area contributed by atoms with E-state index in [4.69, 9.17) is 0 Å². The molecule has 1 saturated heterocycles. The van der Waals surface area contributed by atoms with Crippen LogP contribution in [0.4, 0.5) is 5.82 Å². The van der Waals surface area contributed by atoms with Crippen LogP contribution in [0, 0.1) is 16.0 Å². The highest BCUT2D eigenvalue weighted by molar-refractivity contribution is 5.93. The number of rotatable bonds is 4. The van der Waals surface area contributed by atoms with Crippen LogP contribution in [0.15, 0.2) is 12.1 Å². The Hall–Kier alpha value is -1.89. The van der Waals surface area contributed by atoms with Gasteiger partial charge < -0.3 is 20.3 Å². The maximum Gasteiger partial charge on any atom is 0.323 e. The van der Waals surface area contributed by atoms with Gasteiger partial charge in [0, 0.05) is 19.7 Å². The lowest BCUT2D eigenvalue weighted by molar-refractivity contribution is -0.391. The van der Waals surface area contributed by atoms with E-state index in [9.17, 15) is 14.9 Å². The third-order valence-corrected chi connectivity index (χ3v) is 3.84. The monoisotopic (exact) mass is 280 g/mol. The Kier molecular flexibility index (Phi) is 4.39. The molecule has 0 bridgehead atoms. The third-order valence-electron chi connectivity index (χ3n) is 3.84. The summed E-state index contributed by atoms with van der Waals surface area (Å²) < 4.78 is 1.33. The number of carbonyl (C=O) groups is 1. The number of amides is 1. The minimum Gasteiger partial charge on any atom is -0.358 e. The first-order valence-corrected chi connectivity index (χ1v) is 6.77. The quantitative estimate of drug-likeness (QED) is 0.659. The van der Waals surface area contributed by atoms with E-state index in [1.165, 1.54) is 16.7 Å². The van der Waals surface area contributed by atoms with Crippen molar-refractivity contribution < 1.29 is 9.72 Å². The Morgan fingerprint density at radius 3 is 2.70 bits per heavy atom. The van der Waals surface area contributed by atoms with Crippen LogP contribution in [0.5, 0.6) is 0 Å². The second-order valence-corrected chi connectivity index (χ2v) is 5.27. The van der Waals surface area contributed by atoms with Crippen molar-refractivity contribution in [1.82, 2.24) is 14.8 Å². The molecule has 1 amide bonds. The molecular weight excluding hydrogens is 260 g/mol. The van der Waals surface area contributed by atoms with Crippen LogP contribution in [-0.4, -0.2) is 47.0 Å². The van der Waals surface area contributed by atoms with Crippen LogP contribution in [-0.2, 0) is 7.05 Å². The van der Waals surface area contributed by atoms with Gasteiger partial charge in [0.1, 0.15) is 0 Å². The normalized spacial score (nSPS) is 16.1. The average molecular weight is 280 g/mol.